The van der Waals surface area contributed by atoms with Crippen molar-refractivity contribution in [3.05, 3.63) is 27.0 Å². The molecule has 1 heterocycles. The van der Waals surface area contributed by atoms with Crippen molar-refractivity contribution in [1.82, 2.24) is 14.8 Å². The smallest absolute Gasteiger partial charge is 0.301 e. The minimum Gasteiger partial charge on any atom is -0.301 e. The summed E-state index contributed by atoms with van der Waals surface area (Å²) in [5, 5.41) is 2.13. The fraction of sp³-hybridized carbons (Fsp3) is 0.200. The van der Waals surface area contributed by atoms with E-state index in [-0.39, 0.29) is 6.54 Å². The Balaban J connectivity index is 3.15. The fourth-order valence-corrected chi connectivity index (χ4v) is 0.561. The Kier molecular flexibility index (Phi) is 1.95. The highest BCUT2D eigenvalue weighted by molar-refractivity contribution is 5.48. The molecule has 0 atom stereocenters. The highest BCUT2D eigenvalue weighted by Crippen LogP contribution is 1.66. The van der Waals surface area contributed by atoms with Gasteiger partial charge in [0.25, 0.3) is 0 Å². The van der Waals surface area contributed by atoms with Crippen LogP contribution in [0.15, 0.2) is 15.9 Å². The Morgan fingerprint density at radius 3 is 2.91 bits per heavy atom. The molecule has 0 aliphatic carbocycles. The average molecular weight is 155 g/mol. The Morgan fingerprint density at radius 2 is 2.36 bits per heavy atom. The molecule has 0 bridgehead atoms. The molecule has 0 saturated heterocycles. The molecule has 1 aromatic heterocycles. The largest absolute Gasteiger partial charge is 0.338 e. The van der Waals surface area contributed by atoms with E-state index in [0.29, 0.717) is 6.29 Å². The quantitative estimate of drug-likeness (QED) is 0.400. The SMILES string of the molecule is O=CCn1cnc(=O)c(=O)[nH]1. The summed E-state index contributed by atoms with van der Waals surface area (Å²) < 4.78 is 1.12. The van der Waals surface area contributed by atoms with Gasteiger partial charge in [-0.15, -0.1) is 0 Å². The number of hydrogen-bond acceptors (Lipinski definition) is 4. The maximum atomic E-state index is 10.5. The summed E-state index contributed by atoms with van der Waals surface area (Å²) in [7, 11) is 0. The molecule has 0 aliphatic rings. The number of H-pyrrole nitrogens is 1. The lowest BCUT2D eigenvalue weighted by Gasteiger charge is -1.95. The topological polar surface area (TPSA) is 84.8 Å². The van der Waals surface area contributed by atoms with E-state index in [2.05, 4.69) is 10.1 Å². The van der Waals surface area contributed by atoms with E-state index in [4.69, 9.17) is 0 Å². The lowest BCUT2D eigenvalue weighted by atomic mass is 10.7. The summed E-state index contributed by atoms with van der Waals surface area (Å²) >= 11 is 0. The van der Waals surface area contributed by atoms with Crippen LogP contribution in [0.2, 0.25) is 0 Å². The Labute approximate surface area is 60.5 Å². The van der Waals surface area contributed by atoms with Crippen molar-refractivity contribution in [2.75, 3.05) is 0 Å². The Morgan fingerprint density at radius 1 is 1.64 bits per heavy atom. The van der Waals surface area contributed by atoms with E-state index in [0.717, 1.165) is 11.0 Å². The Bertz CT molecular complexity index is 364. The highest BCUT2D eigenvalue weighted by atomic mass is 16.2. The molecule has 1 aromatic rings. The molecule has 1 rings (SSSR count). The molecule has 58 valence electrons. The van der Waals surface area contributed by atoms with Gasteiger partial charge in [-0.2, -0.15) is 4.98 Å². The standard InChI is InChI=1S/C5H5N3O3/c9-2-1-8-3-6-4(10)5(11)7-8/h2-3H,1H2,(H,7,11). The number of aldehydes is 1. The zero-order valence-electron chi connectivity index (χ0n) is 5.48. The van der Waals surface area contributed by atoms with E-state index in [1.54, 1.807) is 0 Å². The monoisotopic (exact) mass is 155 g/mol. The second-order valence-electron chi connectivity index (χ2n) is 1.81. The van der Waals surface area contributed by atoms with Crippen LogP contribution in [0.5, 0.6) is 0 Å². The van der Waals surface area contributed by atoms with Crippen molar-refractivity contribution in [2.24, 2.45) is 0 Å². The third kappa shape index (κ3) is 1.60. The van der Waals surface area contributed by atoms with Crippen LogP contribution < -0.4 is 11.1 Å². The van der Waals surface area contributed by atoms with Gasteiger partial charge in [0.05, 0.1) is 6.54 Å². The first kappa shape index (κ1) is 7.39. The van der Waals surface area contributed by atoms with Crippen molar-refractivity contribution in [3.8, 4) is 0 Å². The molecule has 0 amide bonds. The number of aromatic nitrogens is 3. The van der Waals surface area contributed by atoms with Crippen LogP contribution in [-0.4, -0.2) is 21.1 Å². The van der Waals surface area contributed by atoms with Gasteiger partial charge in [0, 0.05) is 0 Å². The van der Waals surface area contributed by atoms with Crippen molar-refractivity contribution in [2.45, 2.75) is 6.54 Å². The van der Waals surface area contributed by atoms with Gasteiger partial charge in [-0.05, 0) is 0 Å². The normalized spacial score (nSPS) is 9.45. The minimum atomic E-state index is -0.854. The van der Waals surface area contributed by atoms with E-state index in [1.807, 2.05) is 0 Å². The predicted octanol–water partition coefficient (Wildman–Crippen LogP) is -1.87. The molecule has 0 spiro atoms. The summed E-state index contributed by atoms with van der Waals surface area (Å²) in [6, 6.07) is 0. The number of hydrogen-bond donors (Lipinski definition) is 1. The summed E-state index contributed by atoms with van der Waals surface area (Å²) in [6.07, 6.45) is 1.68. The van der Waals surface area contributed by atoms with Gasteiger partial charge in [0.15, 0.2) is 0 Å². The Hall–Kier alpha value is -1.72. The molecule has 6 heteroatoms. The van der Waals surface area contributed by atoms with Crippen LogP contribution in [0.4, 0.5) is 0 Å². The van der Waals surface area contributed by atoms with E-state index in [1.165, 1.54) is 0 Å². The number of nitrogens with one attached hydrogen (secondary N) is 1. The summed E-state index contributed by atoms with van der Waals surface area (Å²) in [5.41, 5.74) is -1.68. The zero-order chi connectivity index (χ0) is 8.27. The maximum absolute atomic E-state index is 10.5. The fourth-order valence-electron chi connectivity index (χ4n) is 0.561. The van der Waals surface area contributed by atoms with Gasteiger partial charge in [-0.1, -0.05) is 0 Å². The first-order valence-corrected chi connectivity index (χ1v) is 2.83. The number of nitrogens with zero attached hydrogens (tertiary/aromatic N) is 2. The molecule has 1 N–H and O–H groups in total. The van der Waals surface area contributed by atoms with E-state index in [9.17, 15) is 14.4 Å². The second kappa shape index (κ2) is 2.91. The zero-order valence-corrected chi connectivity index (χ0v) is 5.48. The van der Waals surface area contributed by atoms with Crippen LogP contribution in [0.25, 0.3) is 0 Å². The van der Waals surface area contributed by atoms with Crippen molar-refractivity contribution >= 4 is 6.29 Å². The van der Waals surface area contributed by atoms with E-state index < -0.39 is 11.1 Å². The first-order valence-electron chi connectivity index (χ1n) is 2.83. The van der Waals surface area contributed by atoms with Gasteiger partial charge in [-0.3, -0.25) is 19.4 Å². The van der Waals surface area contributed by atoms with Crippen LogP contribution in [0.1, 0.15) is 0 Å². The molecule has 6 nitrogen and oxygen atoms in total. The summed E-state index contributed by atoms with van der Waals surface area (Å²) in [6.45, 7) is -0.0114. The molecular weight excluding hydrogens is 150 g/mol. The van der Waals surface area contributed by atoms with E-state index >= 15 is 0 Å². The van der Waals surface area contributed by atoms with Gasteiger partial charge in [0.2, 0.25) is 0 Å². The van der Waals surface area contributed by atoms with Gasteiger partial charge < -0.3 is 4.79 Å². The maximum Gasteiger partial charge on any atom is 0.338 e. The second-order valence-corrected chi connectivity index (χ2v) is 1.81. The third-order valence-corrected chi connectivity index (χ3v) is 1.03. The number of carbonyl (C=O) groups excluding carboxylic acids is 1. The van der Waals surface area contributed by atoms with Gasteiger partial charge in [0.1, 0.15) is 12.6 Å². The van der Waals surface area contributed by atoms with Crippen LogP contribution >= 0.6 is 0 Å². The predicted molar refractivity (Wildman–Crippen MR) is 35.2 cm³/mol. The molecule has 11 heavy (non-hydrogen) atoms. The van der Waals surface area contributed by atoms with Gasteiger partial charge in [-0.25, -0.2) is 0 Å². The summed E-state index contributed by atoms with van der Waals surface area (Å²) in [5.74, 6) is 0. The summed E-state index contributed by atoms with van der Waals surface area (Å²) in [4.78, 5) is 34.1. The van der Waals surface area contributed by atoms with Crippen LogP contribution in [-0.2, 0) is 11.3 Å². The molecule has 0 aliphatic heterocycles. The average Bonchev–Trinajstić information content (AvgIpc) is 1.98. The van der Waals surface area contributed by atoms with Crippen LogP contribution in [0.3, 0.4) is 0 Å². The number of aromatic amines is 1. The first-order chi connectivity index (χ1) is 5.24. The number of rotatable bonds is 2. The van der Waals surface area contributed by atoms with Crippen molar-refractivity contribution < 1.29 is 4.79 Å². The molecule has 0 aromatic carbocycles. The molecule has 0 unspecified atom stereocenters. The molecular formula is C5H5N3O3. The minimum absolute atomic E-state index is 0.0114. The molecule has 0 radical (unpaired) electrons. The van der Waals surface area contributed by atoms with Crippen molar-refractivity contribution in [3.63, 3.8) is 0 Å². The van der Waals surface area contributed by atoms with Crippen LogP contribution in [0, 0.1) is 0 Å². The molecule has 0 fully saturated rings. The lowest BCUT2D eigenvalue weighted by molar-refractivity contribution is -0.108. The number of carbonyl (C=O) groups is 1. The lowest BCUT2D eigenvalue weighted by Crippen LogP contribution is -2.33. The van der Waals surface area contributed by atoms with Crippen molar-refractivity contribution in [1.29, 1.82) is 0 Å². The third-order valence-electron chi connectivity index (χ3n) is 1.03. The highest BCUT2D eigenvalue weighted by Gasteiger charge is 1.93. The molecule has 0 saturated carbocycles. The van der Waals surface area contributed by atoms with Gasteiger partial charge >= 0.3 is 11.1 Å².